The Labute approximate surface area is 121 Å². The van der Waals surface area contributed by atoms with E-state index in [-0.39, 0.29) is 12.2 Å². The molecule has 1 heterocycles. The third-order valence-electron chi connectivity index (χ3n) is 2.93. The zero-order valence-electron chi connectivity index (χ0n) is 11.5. The van der Waals surface area contributed by atoms with Gasteiger partial charge in [0, 0.05) is 6.20 Å². The second-order valence-corrected chi connectivity index (χ2v) is 4.44. The van der Waals surface area contributed by atoms with Crippen LogP contribution in [0.25, 0.3) is 0 Å². The second kappa shape index (κ2) is 6.78. The second-order valence-electron chi connectivity index (χ2n) is 4.44. The van der Waals surface area contributed by atoms with E-state index in [1.165, 1.54) is 24.5 Å². The molecule has 0 amide bonds. The summed E-state index contributed by atoms with van der Waals surface area (Å²) in [7, 11) is 0. The lowest BCUT2D eigenvalue weighted by Crippen LogP contribution is -2.16. The normalized spacial score (nSPS) is 11.9. The van der Waals surface area contributed by atoms with Crippen molar-refractivity contribution in [2.75, 3.05) is 6.61 Å². The first kappa shape index (κ1) is 14.9. The van der Waals surface area contributed by atoms with Crippen molar-refractivity contribution in [1.82, 2.24) is 9.97 Å². The van der Waals surface area contributed by atoms with Crippen LogP contribution in [0.5, 0.6) is 5.88 Å². The average molecular weight is 290 g/mol. The molecule has 0 spiro atoms. The van der Waals surface area contributed by atoms with Crippen molar-refractivity contribution in [2.45, 2.75) is 19.3 Å². The third kappa shape index (κ3) is 3.98. The fourth-order valence-corrected chi connectivity index (χ4v) is 1.92. The molecule has 0 bridgehead atoms. The van der Waals surface area contributed by atoms with Crippen LogP contribution in [-0.2, 0) is 11.2 Å². The molecule has 1 aromatic carbocycles. The number of carboxylic acid groups (broad SMARTS) is 1. The van der Waals surface area contributed by atoms with Gasteiger partial charge in [-0.15, -0.1) is 0 Å². The third-order valence-corrected chi connectivity index (χ3v) is 2.93. The molecule has 1 unspecified atom stereocenters. The molecule has 0 aliphatic carbocycles. The lowest BCUT2D eigenvalue weighted by Gasteiger charge is -2.12. The van der Waals surface area contributed by atoms with Gasteiger partial charge in [-0.2, -0.15) is 0 Å². The Bertz CT molecular complexity index is 617. The van der Waals surface area contributed by atoms with Gasteiger partial charge in [-0.25, -0.2) is 9.37 Å². The summed E-state index contributed by atoms with van der Waals surface area (Å²) in [5, 5.41) is 9.38. The van der Waals surface area contributed by atoms with Gasteiger partial charge in [0.15, 0.2) is 0 Å². The SMILES string of the molecule is CCOc1cncc(C(Cc2ccc(F)cc2)C(=O)O)n1. The van der Waals surface area contributed by atoms with Crippen LogP contribution in [-0.4, -0.2) is 27.7 Å². The Morgan fingerprint density at radius 2 is 2.05 bits per heavy atom. The van der Waals surface area contributed by atoms with Gasteiger partial charge in [-0.05, 0) is 31.0 Å². The first-order valence-electron chi connectivity index (χ1n) is 6.52. The first-order valence-corrected chi connectivity index (χ1v) is 6.52. The fraction of sp³-hybridized carbons (Fsp3) is 0.267. The van der Waals surface area contributed by atoms with Crippen LogP contribution in [0, 0.1) is 5.82 Å². The number of ether oxygens (including phenoxy) is 1. The molecule has 0 saturated heterocycles. The smallest absolute Gasteiger partial charge is 0.312 e. The van der Waals surface area contributed by atoms with Crippen molar-refractivity contribution in [3.63, 3.8) is 0 Å². The van der Waals surface area contributed by atoms with Gasteiger partial charge in [-0.1, -0.05) is 12.1 Å². The molecule has 1 N–H and O–H groups in total. The van der Waals surface area contributed by atoms with Gasteiger partial charge < -0.3 is 9.84 Å². The molecule has 1 atom stereocenters. The maximum absolute atomic E-state index is 12.9. The number of nitrogens with zero attached hydrogens (tertiary/aromatic N) is 2. The van der Waals surface area contributed by atoms with E-state index in [0.29, 0.717) is 23.7 Å². The molecule has 21 heavy (non-hydrogen) atoms. The first-order chi connectivity index (χ1) is 10.1. The van der Waals surface area contributed by atoms with Crippen LogP contribution in [0.15, 0.2) is 36.7 Å². The summed E-state index contributed by atoms with van der Waals surface area (Å²) < 4.78 is 18.1. The molecule has 0 aliphatic heterocycles. The van der Waals surface area contributed by atoms with E-state index in [9.17, 15) is 14.3 Å². The zero-order valence-corrected chi connectivity index (χ0v) is 11.5. The molecule has 110 valence electrons. The highest BCUT2D eigenvalue weighted by atomic mass is 19.1. The largest absolute Gasteiger partial charge is 0.481 e. The van der Waals surface area contributed by atoms with Gasteiger partial charge in [0.05, 0.1) is 18.5 Å². The minimum absolute atomic E-state index is 0.208. The van der Waals surface area contributed by atoms with Crippen molar-refractivity contribution >= 4 is 5.97 Å². The molecule has 5 nitrogen and oxygen atoms in total. The van der Waals surface area contributed by atoms with Crippen LogP contribution in [0.3, 0.4) is 0 Å². The number of hydrogen-bond acceptors (Lipinski definition) is 4. The van der Waals surface area contributed by atoms with Crippen LogP contribution in [0.1, 0.15) is 24.1 Å². The van der Waals surface area contributed by atoms with E-state index in [1.54, 1.807) is 12.1 Å². The number of carboxylic acids is 1. The number of aliphatic carboxylic acids is 1. The van der Waals surface area contributed by atoms with Crippen molar-refractivity contribution < 1.29 is 19.0 Å². The molecular formula is C15H15FN2O3. The molecule has 0 saturated carbocycles. The van der Waals surface area contributed by atoms with Crippen LogP contribution >= 0.6 is 0 Å². The van der Waals surface area contributed by atoms with Crippen molar-refractivity contribution in [1.29, 1.82) is 0 Å². The number of carbonyl (C=O) groups is 1. The fourth-order valence-electron chi connectivity index (χ4n) is 1.92. The van der Waals surface area contributed by atoms with Crippen molar-refractivity contribution in [3.8, 4) is 5.88 Å². The summed E-state index contributed by atoms with van der Waals surface area (Å²) in [6.07, 6.45) is 3.05. The summed E-state index contributed by atoms with van der Waals surface area (Å²) in [6.45, 7) is 2.23. The van der Waals surface area contributed by atoms with Gasteiger partial charge in [0.1, 0.15) is 11.7 Å². The van der Waals surface area contributed by atoms with Crippen LogP contribution in [0.4, 0.5) is 4.39 Å². The number of hydrogen-bond donors (Lipinski definition) is 1. The number of rotatable bonds is 6. The van der Waals surface area contributed by atoms with E-state index in [1.807, 2.05) is 6.92 Å². The van der Waals surface area contributed by atoms with Gasteiger partial charge in [-0.3, -0.25) is 9.78 Å². The summed E-state index contributed by atoms with van der Waals surface area (Å²) in [5.74, 6) is -1.94. The highest BCUT2D eigenvalue weighted by Gasteiger charge is 2.23. The Balaban J connectivity index is 2.24. The van der Waals surface area contributed by atoms with E-state index in [4.69, 9.17) is 4.74 Å². The highest BCUT2D eigenvalue weighted by Crippen LogP contribution is 2.21. The summed E-state index contributed by atoms with van der Waals surface area (Å²) in [5.41, 5.74) is 1.03. The molecule has 0 radical (unpaired) electrons. The topological polar surface area (TPSA) is 72.3 Å². The molecular weight excluding hydrogens is 275 g/mol. The van der Waals surface area contributed by atoms with Gasteiger partial charge >= 0.3 is 5.97 Å². The molecule has 2 rings (SSSR count). The van der Waals surface area contributed by atoms with E-state index in [0.717, 1.165) is 0 Å². The summed E-state index contributed by atoms with van der Waals surface area (Å²) in [4.78, 5) is 19.6. The van der Waals surface area contributed by atoms with Gasteiger partial charge in [0.2, 0.25) is 5.88 Å². The molecule has 0 fully saturated rings. The van der Waals surface area contributed by atoms with Crippen LogP contribution in [0.2, 0.25) is 0 Å². The zero-order chi connectivity index (χ0) is 15.2. The number of halogens is 1. The van der Waals surface area contributed by atoms with Crippen molar-refractivity contribution in [2.24, 2.45) is 0 Å². The predicted octanol–water partition coefficient (Wildman–Crippen LogP) is 2.43. The molecule has 2 aromatic rings. The quantitative estimate of drug-likeness (QED) is 0.884. The minimum atomic E-state index is -1.01. The minimum Gasteiger partial charge on any atom is -0.481 e. The molecule has 1 aromatic heterocycles. The maximum Gasteiger partial charge on any atom is 0.312 e. The standard InChI is InChI=1S/C15H15FN2O3/c1-2-21-14-9-17-8-13(18-14)12(15(19)20)7-10-3-5-11(16)6-4-10/h3-6,8-9,12H,2,7H2,1H3,(H,19,20). The summed E-state index contributed by atoms with van der Waals surface area (Å²) >= 11 is 0. The highest BCUT2D eigenvalue weighted by molar-refractivity contribution is 5.75. The lowest BCUT2D eigenvalue weighted by atomic mass is 9.96. The number of benzene rings is 1. The van der Waals surface area contributed by atoms with Gasteiger partial charge in [0.25, 0.3) is 0 Å². The van der Waals surface area contributed by atoms with E-state index in [2.05, 4.69) is 9.97 Å². The number of aromatic nitrogens is 2. The maximum atomic E-state index is 12.9. The Hall–Kier alpha value is -2.50. The molecule has 6 heteroatoms. The van der Waals surface area contributed by atoms with Crippen molar-refractivity contribution in [3.05, 3.63) is 53.7 Å². The predicted molar refractivity (Wildman–Crippen MR) is 73.7 cm³/mol. The molecule has 0 aliphatic rings. The van der Waals surface area contributed by atoms with Crippen LogP contribution < -0.4 is 4.74 Å². The Kier molecular flexibility index (Phi) is 4.81. The summed E-state index contributed by atoms with van der Waals surface area (Å²) in [6, 6.07) is 5.73. The Morgan fingerprint density at radius 3 is 2.67 bits per heavy atom. The lowest BCUT2D eigenvalue weighted by molar-refractivity contribution is -0.138. The Morgan fingerprint density at radius 1 is 1.33 bits per heavy atom. The van der Waals surface area contributed by atoms with E-state index < -0.39 is 11.9 Å². The monoisotopic (exact) mass is 290 g/mol. The average Bonchev–Trinajstić information content (AvgIpc) is 2.47. The van der Waals surface area contributed by atoms with E-state index >= 15 is 0 Å².